The molecule has 1 N–H and O–H groups in total. The molecule has 0 aromatic heterocycles. The number of rotatable bonds is 2. The topological polar surface area (TPSA) is 43.8 Å². The van der Waals surface area contributed by atoms with E-state index in [-0.39, 0.29) is 13.0 Å². The van der Waals surface area contributed by atoms with E-state index in [9.17, 15) is 9.18 Å². The summed E-state index contributed by atoms with van der Waals surface area (Å²) < 4.78 is 13.9. The highest BCUT2D eigenvalue weighted by atomic mass is 19.1. The molecule has 1 unspecified atom stereocenters. The van der Waals surface area contributed by atoms with Crippen LogP contribution in [0, 0.1) is 0 Å². The molecule has 2 aliphatic heterocycles. The molecular formula is C11H19FN2O2. The molecule has 4 nitrogen and oxygen atoms in total. The normalized spacial score (nSPS) is 34.4. The lowest BCUT2D eigenvalue weighted by Gasteiger charge is -2.35. The van der Waals surface area contributed by atoms with Crippen molar-refractivity contribution < 1.29 is 14.3 Å². The van der Waals surface area contributed by atoms with Gasteiger partial charge in [0.25, 0.3) is 0 Å². The first kappa shape index (κ1) is 11.8. The predicted octanol–water partition coefficient (Wildman–Crippen LogP) is 0.579. The fourth-order valence-corrected chi connectivity index (χ4v) is 2.65. The van der Waals surface area contributed by atoms with Crippen LogP contribution < -0.4 is 0 Å². The number of nitrogens with zero attached hydrogens (tertiary/aromatic N) is 2. The van der Waals surface area contributed by atoms with Crippen molar-refractivity contribution in [3.63, 3.8) is 0 Å². The molecule has 16 heavy (non-hydrogen) atoms. The molecule has 2 rings (SSSR count). The van der Waals surface area contributed by atoms with Gasteiger partial charge in [0.05, 0.1) is 0 Å². The van der Waals surface area contributed by atoms with Crippen molar-refractivity contribution in [2.75, 3.05) is 33.2 Å². The number of hydrogen-bond donors (Lipinski definition) is 1. The standard InChI is InChI=1S/C11H19FN2O2/c1-13-5-2-9(3-6-13)14-7-4-11(12,8-14)10(15)16/h9H,2-8H2,1H3,(H,15,16). The molecule has 0 radical (unpaired) electrons. The Hall–Kier alpha value is -0.680. The summed E-state index contributed by atoms with van der Waals surface area (Å²) in [6.07, 6.45) is 2.17. The number of carboxylic acid groups (broad SMARTS) is 1. The predicted molar refractivity (Wildman–Crippen MR) is 58.2 cm³/mol. The van der Waals surface area contributed by atoms with Crippen molar-refractivity contribution >= 4 is 5.97 Å². The van der Waals surface area contributed by atoms with Gasteiger partial charge in [0, 0.05) is 25.6 Å². The Balaban J connectivity index is 1.91. The number of aliphatic carboxylic acids is 1. The van der Waals surface area contributed by atoms with Crippen LogP contribution in [0.5, 0.6) is 0 Å². The maximum absolute atomic E-state index is 13.9. The molecule has 0 bridgehead atoms. The number of carboxylic acids is 1. The maximum atomic E-state index is 13.9. The van der Waals surface area contributed by atoms with E-state index in [1.807, 2.05) is 4.90 Å². The molecule has 0 amide bonds. The van der Waals surface area contributed by atoms with E-state index in [1.165, 1.54) is 0 Å². The minimum Gasteiger partial charge on any atom is -0.479 e. The molecule has 2 fully saturated rings. The first-order chi connectivity index (χ1) is 7.51. The zero-order valence-electron chi connectivity index (χ0n) is 9.65. The van der Waals surface area contributed by atoms with E-state index in [1.54, 1.807) is 0 Å². The van der Waals surface area contributed by atoms with E-state index in [0.717, 1.165) is 25.9 Å². The van der Waals surface area contributed by atoms with Crippen LogP contribution in [0.1, 0.15) is 19.3 Å². The van der Waals surface area contributed by atoms with Crippen molar-refractivity contribution in [3.8, 4) is 0 Å². The van der Waals surface area contributed by atoms with Gasteiger partial charge in [-0.2, -0.15) is 0 Å². The van der Waals surface area contributed by atoms with E-state index in [2.05, 4.69) is 11.9 Å². The quantitative estimate of drug-likeness (QED) is 0.753. The highest BCUT2D eigenvalue weighted by Crippen LogP contribution is 2.29. The number of hydrogen-bond acceptors (Lipinski definition) is 3. The van der Waals surface area contributed by atoms with Gasteiger partial charge >= 0.3 is 5.97 Å². The van der Waals surface area contributed by atoms with Crippen molar-refractivity contribution in [1.82, 2.24) is 9.80 Å². The molecule has 2 heterocycles. The second-order valence-electron chi connectivity index (χ2n) is 5.03. The summed E-state index contributed by atoms with van der Waals surface area (Å²) >= 11 is 0. The average molecular weight is 230 g/mol. The molecule has 92 valence electrons. The molecule has 2 saturated heterocycles. The van der Waals surface area contributed by atoms with E-state index < -0.39 is 11.6 Å². The third-order valence-corrected chi connectivity index (χ3v) is 3.84. The average Bonchev–Trinajstić information content (AvgIpc) is 2.63. The second-order valence-corrected chi connectivity index (χ2v) is 5.03. The zero-order valence-corrected chi connectivity index (χ0v) is 9.65. The zero-order chi connectivity index (χ0) is 11.8. The molecule has 0 aromatic carbocycles. The van der Waals surface area contributed by atoms with Gasteiger partial charge in [-0.15, -0.1) is 0 Å². The first-order valence-corrected chi connectivity index (χ1v) is 5.86. The lowest BCUT2D eigenvalue weighted by atomic mass is 10.0. The first-order valence-electron chi connectivity index (χ1n) is 5.86. The van der Waals surface area contributed by atoms with Crippen molar-refractivity contribution in [2.24, 2.45) is 0 Å². The Morgan fingerprint density at radius 1 is 1.38 bits per heavy atom. The highest BCUT2D eigenvalue weighted by Gasteiger charge is 2.47. The monoisotopic (exact) mass is 230 g/mol. The van der Waals surface area contributed by atoms with Crippen LogP contribution in [0.15, 0.2) is 0 Å². The fraction of sp³-hybridized carbons (Fsp3) is 0.909. The highest BCUT2D eigenvalue weighted by molar-refractivity contribution is 5.78. The Kier molecular flexibility index (Phi) is 3.17. The van der Waals surface area contributed by atoms with Crippen LogP contribution in [0.4, 0.5) is 4.39 Å². The lowest BCUT2D eigenvalue weighted by molar-refractivity contribution is -0.150. The van der Waals surface area contributed by atoms with E-state index >= 15 is 0 Å². The Morgan fingerprint density at radius 2 is 2.00 bits per heavy atom. The lowest BCUT2D eigenvalue weighted by Crippen LogP contribution is -2.45. The molecule has 2 aliphatic rings. The van der Waals surface area contributed by atoms with Crippen LogP contribution in [-0.2, 0) is 4.79 Å². The van der Waals surface area contributed by atoms with Gasteiger partial charge in [-0.05, 0) is 33.0 Å². The number of carbonyl (C=O) groups is 1. The summed E-state index contributed by atoms with van der Waals surface area (Å²) in [5.74, 6) is -1.30. The molecule has 5 heteroatoms. The fourth-order valence-electron chi connectivity index (χ4n) is 2.65. The van der Waals surface area contributed by atoms with Gasteiger partial charge in [-0.1, -0.05) is 0 Å². The summed E-state index contributed by atoms with van der Waals surface area (Å²) in [6.45, 7) is 2.69. The SMILES string of the molecule is CN1CCC(N2CCC(F)(C(=O)O)C2)CC1. The minimum absolute atomic E-state index is 0.0662. The summed E-state index contributed by atoms with van der Waals surface area (Å²) in [6, 6.07) is 0.369. The molecule has 0 aromatic rings. The Bertz CT molecular complexity index is 279. The molecule has 1 atom stereocenters. The van der Waals surface area contributed by atoms with Crippen molar-refractivity contribution in [1.29, 1.82) is 0 Å². The van der Waals surface area contributed by atoms with Crippen molar-refractivity contribution in [3.05, 3.63) is 0 Å². The Labute approximate surface area is 95.0 Å². The van der Waals surface area contributed by atoms with Gasteiger partial charge in [0.1, 0.15) is 0 Å². The van der Waals surface area contributed by atoms with Crippen LogP contribution in [0.2, 0.25) is 0 Å². The molecule has 0 spiro atoms. The van der Waals surface area contributed by atoms with E-state index in [4.69, 9.17) is 5.11 Å². The number of halogens is 1. The van der Waals surface area contributed by atoms with Crippen LogP contribution in [-0.4, -0.2) is 65.8 Å². The van der Waals surface area contributed by atoms with Gasteiger partial charge in [0.15, 0.2) is 0 Å². The maximum Gasteiger partial charge on any atom is 0.342 e. The van der Waals surface area contributed by atoms with Gasteiger partial charge in [0.2, 0.25) is 5.67 Å². The largest absolute Gasteiger partial charge is 0.479 e. The van der Waals surface area contributed by atoms with Gasteiger partial charge in [-0.3, -0.25) is 4.90 Å². The number of alkyl halides is 1. The van der Waals surface area contributed by atoms with Gasteiger partial charge < -0.3 is 10.0 Å². The summed E-state index contributed by atoms with van der Waals surface area (Å²) in [4.78, 5) is 15.1. The summed E-state index contributed by atoms with van der Waals surface area (Å²) in [5.41, 5.74) is -2.01. The van der Waals surface area contributed by atoms with Gasteiger partial charge in [-0.25, -0.2) is 9.18 Å². The molecule has 0 aliphatic carbocycles. The van der Waals surface area contributed by atoms with Crippen molar-refractivity contribution in [2.45, 2.75) is 31.0 Å². The summed E-state index contributed by atoms with van der Waals surface area (Å²) in [7, 11) is 2.08. The second kappa shape index (κ2) is 4.30. The smallest absolute Gasteiger partial charge is 0.342 e. The number of likely N-dealkylation sites (tertiary alicyclic amines) is 2. The third-order valence-electron chi connectivity index (χ3n) is 3.84. The molecular weight excluding hydrogens is 211 g/mol. The summed E-state index contributed by atoms with van der Waals surface area (Å²) in [5, 5.41) is 8.82. The van der Waals surface area contributed by atoms with Crippen LogP contribution >= 0.6 is 0 Å². The Morgan fingerprint density at radius 3 is 2.50 bits per heavy atom. The number of piperidine rings is 1. The van der Waals surface area contributed by atoms with Crippen LogP contribution in [0.3, 0.4) is 0 Å². The molecule has 0 saturated carbocycles. The van der Waals surface area contributed by atoms with Crippen LogP contribution in [0.25, 0.3) is 0 Å². The van der Waals surface area contributed by atoms with E-state index in [0.29, 0.717) is 12.6 Å². The third kappa shape index (κ3) is 2.20. The minimum atomic E-state index is -2.01.